The molecule has 2 heteroatoms. The van der Waals surface area contributed by atoms with Crippen LogP contribution in [0.25, 0.3) is 43.9 Å². The van der Waals surface area contributed by atoms with Crippen LogP contribution in [0.3, 0.4) is 0 Å². The van der Waals surface area contributed by atoms with E-state index >= 15 is 0 Å². The third-order valence-electron chi connectivity index (χ3n) is 6.35. The molecule has 3 aromatic carbocycles. The van der Waals surface area contributed by atoms with Crippen molar-refractivity contribution in [2.24, 2.45) is 0 Å². The van der Waals surface area contributed by atoms with Crippen molar-refractivity contribution in [2.75, 3.05) is 0 Å². The highest BCUT2D eigenvalue weighted by Gasteiger charge is 2.16. The van der Waals surface area contributed by atoms with Crippen LogP contribution in [0.4, 0.5) is 0 Å². The van der Waals surface area contributed by atoms with Crippen molar-refractivity contribution in [3.05, 3.63) is 59.7 Å². The second-order valence-electron chi connectivity index (χ2n) is 8.60. The van der Waals surface area contributed by atoms with Crippen molar-refractivity contribution in [2.45, 2.75) is 65.2 Å². The summed E-state index contributed by atoms with van der Waals surface area (Å²) in [5.41, 5.74) is 6.38. The Bertz CT molecular complexity index is 1220. The molecular formula is C28H30O2. The molecule has 30 heavy (non-hydrogen) atoms. The summed E-state index contributed by atoms with van der Waals surface area (Å²) in [6.45, 7) is 4.49. The average Bonchev–Trinajstić information content (AvgIpc) is 3.31. The van der Waals surface area contributed by atoms with Crippen LogP contribution in [0.2, 0.25) is 0 Å². The van der Waals surface area contributed by atoms with E-state index in [1.165, 1.54) is 60.4 Å². The van der Waals surface area contributed by atoms with E-state index in [1.54, 1.807) is 0 Å². The summed E-state index contributed by atoms with van der Waals surface area (Å²) in [6, 6.07) is 17.7. The summed E-state index contributed by atoms with van der Waals surface area (Å²) in [4.78, 5) is 0. The fourth-order valence-corrected chi connectivity index (χ4v) is 4.63. The molecule has 0 aliphatic heterocycles. The largest absolute Gasteiger partial charge is 0.452 e. The summed E-state index contributed by atoms with van der Waals surface area (Å²) in [7, 11) is 0. The Hall–Kier alpha value is -2.74. The third-order valence-corrected chi connectivity index (χ3v) is 6.35. The van der Waals surface area contributed by atoms with E-state index < -0.39 is 0 Å². The van der Waals surface area contributed by atoms with Gasteiger partial charge in [-0.15, -0.1) is 0 Å². The number of fused-ring (bicyclic) bond motifs is 7. The molecule has 0 unspecified atom stereocenters. The Labute approximate surface area is 177 Å². The summed E-state index contributed by atoms with van der Waals surface area (Å²) in [5, 5.41) is 4.62. The van der Waals surface area contributed by atoms with Gasteiger partial charge in [-0.3, -0.25) is 0 Å². The van der Waals surface area contributed by atoms with Crippen LogP contribution in [0.15, 0.2) is 57.4 Å². The van der Waals surface area contributed by atoms with E-state index in [1.807, 2.05) is 0 Å². The molecule has 5 aromatic rings. The Morgan fingerprint density at radius 1 is 0.533 bits per heavy atom. The smallest absolute Gasteiger partial charge is 0.178 e. The first-order valence-electron chi connectivity index (χ1n) is 11.6. The lowest BCUT2D eigenvalue weighted by Crippen LogP contribution is -1.84. The first-order valence-corrected chi connectivity index (χ1v) is 11.6. The van der Waals surface area contributed by atoms with E-state index in [4.69, 9.17) is 8.83 Å². The molecule has 0 saturated carbocycles. The van der Waals surface area contributed by atoms with Crippen molar-refractivity contribution >= 4 is 43.9 Å². The van der Waals surface area contributed by atoms with Gasteiger partial charge in [0.25, 0.3) is 0 Å². The SMILES string of the molecule is CCCCCc1ccc2c(c1)oc1c2ccc2c3ccc(CCCCC)cc3oc21. The molecule has 0 amide bonds. The zero-order chi connectivity index (χ0) is 20.5. The van der Waals surface area contributed by atoms with Gasteiger partial charge >= 0.3 is 0 Å². The number of benzene rings is 3. The zero-order valence-corrected chi connectivity index (χ0v) is 18.1. The standard InChI is InChI=1S/C28H30O2/c1-3-5-7-9-19-11-13-21-23-15-16-24-22-14-12-20(10-8-6-4-2)18-26(22)30-28(24)27(23)29-25(21)17-19/h11-18H,3-10H2,1-2H3. The Morgan fingerprint density at radius 3 is 1.40 bits per heavy atom. The van der Waals surface area contributed by atoms with Gasteiger partial charge < -0.3 is 8.83 Å². The number of aryl methyl sites for hydroxylation is 2. The third kappa shape index (κ3) is 3.39. The summed E-state index contributed by atoms with van der Waals surface area (Å²) in [5.74, 6) is 0. The molecule has 0 bridgehead atoms. The topological polar surface area (TPSA) is 26.3 Å². The minimum atomic E-state index is 0.872. The van der Waals surface area contributed by atoms with Gasteiger partial charge in [-0.25, -0.2) is 0 Å². The maximum atomic E-state index is 6.36. The van der Waals surface area contributed by atoms with Crippen molar-refractivity contribution in [3.63, 3.8) is 0 Å². The molecule has 0 saturated heterocycles. The van der Waals surface area contributed by atoms with Gasteiger partial charge in [-0.1, -0.05) is 63.8 Å². The van der Waals surface area contributed by atoms with Crippen LogP contribution in [-0.4, -0.2) is 0 Å². The molecule has 0 aliphatic carbocycles. The van der Waals surface area contributed by atoms with Gasteiger partial charge in [0.15, 0.2) is 11.2 Å². The first-order chi connectivity index (χ1) is 14.8. The lowest BCUT2D eigenvalue weighted by atomic mass is 10.0. The highest BCUT2D eigenvalue weighted by Crippen LogP contribution is 2.39. The lowest BCUT2D eigenvalue weighted by Gasteiger charge is -2.00. The van der Waals surface area contributed by atoms with E-state index in [0.717, 1.165) is 45.9 Å². The summed E-state index contributed by atoms with van der Waals surface area (Å²) in [6.07, 6.45) is 9.74. The maximum Gasteiger partial charge on any atom is 0.178 e. The second kappa shape index (κ2) is 8.18. The van der Waals surface area contributed by atoms with Crippen LogP contribution in [0.1, 0.15) is 63.5 Å². The summed E-state index contributed by atoms with van der Waals surface area (Å²) < 4.78 is 12.7. The van der Waals surface area contributed by atoms with Gasteiger partial charge in [0.1, 0.15) is 11.2 Å². The predicted molar refractivity (Wildman–Crippen MR) is 127 cm³/mol. The molecule has 0 fully saturated rings. The van der Waals surface area contributed by atoms with E-state index in [2.05, 4.69) is 62.4 Å². The number of hydrogen-bond donors (Lipinski definition) is 0. The van der Waals surface area contributed by atoms with Crippen LogP contribution >= 0.6 is 0 Å². The maximum absolute atomic E-state index is 6.36. The molecule has 2 heterocycles. The monoisotopic (exact) mass is 398 g/mol. The molecule has 0 spiro atoms. The van der Waals surface area contributed by atoms with Crippen LogP contribution in [-0.2, 0) is 12.8 Å². The van der Waals surface area contributed by atoms with Crippen LogP contribution in [0, 0.1) is 0 Å². The highest BCUT2D eigenvalue weighted by atomic mass is 16.4. The molecule has 2 aromatic heterocycles. The minimum absolute atomic E-state index is 0.872. The van der Waals surface area contributed by atoms with Gasteiger partial charge in [0.2, 0.25) is 0 Å². The van der Waals surface area contributed by atoms with Gasteiger partial charge in [0, 0.05) is 21.5 Å². The van der Waals surface area contributed by atoms with Crippen molar-refractivity contribution < 1.29 is 8.83 Å². The number of hydrogen-bond acceptors (Lipinski definition) is 2. The second-order valence-corrected chi connectivity index (χ2v) is 8.60. The first kappa shape index (κ1) is 19.2. The molecule has 154 valence electrons. The molecule has 0 N–H and O–H groups in total. The molecule has 0 atom stereocenters. The minimum Gasteiger partial charge on any atom is -0.452 e. The molecular weight excluding hydrogens is 368 g/mol. The molecule has 2 nitrogen and oxygen atoms in total. The zero-order valence-electron chi connectivity index (χ0n) is 18.1. The fourth-order valence-electron chi connectivity index (χ4n) is 4.63. The summed E-state index contributed by atoms with van der Waals surface area (Å²) >= 11 is 0. The number of rotatable bonds is 8. The van der Waals surface area contributed by atoms with Crippen molar-refractivity contribution in [3.8, 4) is 0 Å². The van der Waals surface area contributed by atoms with E-state index in [0.29, 0.717) is 0 Å². The van der Waals surface area contributed by atoms with Gasteiger partial charge in [-0.05, 0) is 61.1 Å². The highest BCUT2D eigenvalue weighted by molar-refractivity contribution is 6.18. The molecule has 0 radical (unpaired) electrons. The molecule has 0 aliphatic rings. The Morgan fingerprint density at radius 2 is 0.967 bits per heavy atom. The van der Waals surface area contributed by atoms with Crippen LogP contribution < -0.4 is 0 Å². The quantitative estimate of drug-likeness (QED) is 0.244. The number of furan rings is 2. The van der Waals surface area contributed by atoms with E-state index in [-0.39, 0.29) is 0 Å². The van der Waals surface area contributed by atoms with Crippen molar-refractivity contribution in [1.29, 1.82) is 0 Å². The molecule has 5 rings (SSSR count). The number of unbranched alkanes of at least 4 members (excludes halogenated alkanes) is 4. The fraction of sp³-hybridized carbons (Fsp3) is 0.357. The Kier molecular flexibility index (Phi) is 5.25. The van der Waals surface area contributed by atoms with Crippen LogP contribution in [0.5, 0.6) is 0 Å². The predicted octanol–water partition coefficient (Wildman–Crippen LogP) is 8.95. The average molecular weight is 399 g/mol. The Balaban J connectivity index is 1.58. The van der Waals surface area contributed by atoms with Gasteiger partial charge in [0.05, 0.1) is 0 Å². The normalized spacial score (nSPS) is 12.1. The van der Waals surface area contributed by atoms with Gasteiger partial charge in [-0.2, -0.15) is 0 Å². The van der Waals surface area contributed by atoms with E-state index in [9.17, 15) is 0 Å². The lowest BCUT2D eigenvalue weighted by molar-refractivity contribution is 0.632. The van der Waals surface area contributed by atoms with Crippen molar-refractivity contribution in [1.82, 2.24) is 0 Å².